The van der Waals surface area contributed by atoms with E-state index in [4.69, 9.17) is 5.11 Å². The highest BCUT2D eigenvalue weighted by Crippen LogP contribution is 2.08. The molecule has 4 nitrogen and oxygen atoms in total. The lowest BCUT2D eigenvalue weighted by atomic mass is 10.3. The van der Waals surface area contributed by atoms with E-state index < -0.39 is 0 Å². The number of hydrogen-bond donors (Lipinski definition) is 1. The fourth-order valence-electron chi connectivity index (χ4n) is 1.27. The summed E-state index contributed by atoms with van der Waals surface area (Å²) < 4.78 is 1.87. The molecule has 0 atom stereocenters. The maximum Gasteiger partial charge on any atom is 0.191 e. The minimum absolute atomic E-state index is 0.0316. The van der Waals surface area contributed by atoms with Crippen molar-refractivity contribution >= 4 is 17.2 Å². The molecule has 0 fully saturated rings. The van der Waals surface area contributed by atoms with Gasteiger partial charge in [-0.05, 0) is 18.6 Å². The van der Waals surface area contributed by atoms with Crippen molar-refractivity contribution in [2.75, 3.05) is 0 Å². The van der Waals surface area contributed by atoms with E-state index in [-0.39, 0.29) is 6.61 Å². The molecule has 0 bridgehead atoms. The molecule has 1 N–H and O–H groups in total. The van der Waals surface area contributed by atoms with Crippen LogP contribution < -0.4 is 4.80 Å². The maximum absolute atomic E-state index is 9.06. The molecule has 5 heteroatoms. The Morgan fingerprint density at radius 3 is 2.88 bits per heavy atom. The summed E-state index contributed by atoms with van der Waals surface area (Å²) in [6.45, 7) is 2.02. The smallest absolute Gasteiger partial charge is 0.191 e. The van der Waals surface area contributed by atoms with Crippen molar-refractivity contribution in [3.05, 3.63) is 39.8 Å². The summed E-state index contributed by atoms with van der Waals surface area (Å²) in [7, 11) is 1.88. The number of nitrogens with zero attached hydrogens (tertiary/aromatic N) is 3. The predicted octanol–water partition coefficient (Wildman–Crippen LogP) is 1.51. The summed E-state index contributed by atoms with van der Waals surface area (Å²) >= 11 is 1.50. The Hall–Kier alpha value is -1.46. The molecule has 0 aliphatic rings. The van der Waals surface area contributed by atoms with Crippen molar-refractivity contribution in [1.82, 2.24) is 9.55 Å². The molecule has 0 saturated heterocycles. The molecule has 2 rings (SSSR count). The number of rotatable bonds is 2. The van der Waals surface area contributed by atoms with Crippen LogP contribution in [0.1, 0.15) is 11.3 Å². The second-order valence-electron chi connectivity index (χ2n) is 3.53. The monoisotopic (exact) mass is 235 g/mol. The molecule has 0 aliphatic heterocycles. The fourth-order valence-corrected chi connectivity index (χ4v) is 2.17. The number of pyridine rings is 1. The number of aromatic nitrogens is 2. The first-order valence-electron chi connectivity index (χ1n) is 4.92. The number of thiazole rings is 1. The third-order valence-corrected chi connectivity index (χ3v) is 3.25. The lowest BCUT2D eigenvalue weighted by Crippen LogP contribution is -2.12. The van der Waals surface area contributed by atoms with Crippen LogP contribution in [0.15, 0.2) is 28.7 Å². The molecule has 84 valence electrons. The Morgan fingerprint density at radius 2 is 2.31 bits per heavy atom. The van der Waals surface area contributed by atoms with E-state index in [1.807, 2.05) is 36.1 Å². The predicted molar refractivity (Wildman–Crippen MR) is 63.4 cm³/mol. The molecule has 0 saturated carbocycles. The van der Waals surface area contributed by atoms with Gasteiger partial charge in [-0.2, -0.15) is 0 Å². The molecule has 0 amide bonds. The van der Waals surface area contributed by atoms with Gasteiger partial charge in [0.05, 0.1) is 12.3 Å². The van der Waals surface area contributed by atoms with Gasteiger partial charge in [0.1, 0.15) is 0 Å². The second kappa shape index (κ2) is 4.59. The minimum atomic E-state index is 0.0316. The molecule has 16 heavy (non-hydrogen) atoms. The summed E-state index contributed by atoms with van der Waals surface area (Å²) in [5.74, 6) is 0.688. The standard InChI is InChI=1S/C11H13N3OS/c1-8-3-4-10(12-5-8)13-11-14(2)9(6-15)7-16-11/h3-5,7,15H,6H2,1-2H3. The van der Waals surface area contributed by atoms with Gasteiger partial charge in [-0.25, -0.2) is 9.98 Å². The van der Waals surface area contributed by atoms with Crippen LogP contribution >= 0.6 is 11.3 Å². The average Bonchev–Trinajstić information content (AvgIpc) is 2.63. The van der Waals surface area contributed by atoms with E-state index >= 15 is 0 Å². The van der Waals surface area contributed by atoms with E-state index in [0.29, 0.717) is 5.82 Å². The summed E-state index contributed by atoms with van der Waals surface area (Å²) in [4.78, 5) is 9.46. The maximum atomic E-state index is 9.06. The van der Waals surface area contributed by atoms with Gasteiger partial charge >= 0.3 is 0 Å². The van der Waals surface area contributed by atoms with E-state index in [2.05, 4.69) is 9.98 Å². The highest BCUT2D eigenvalue weighted by Gasteiger charge is 1.99. The van der Waals surface area contributed by atoms with Gasteiger partial charge in [0.25, 0.3) is 0 Å². The van der Waals surface area contributed by atoms with Crippen molar-refractivity contribution < 1.29 is 5.11 Å². The summed E-state index contributed by atoms with van der Waals surface area (Å²) in [5.41, 5.74) is 1.97. The molecule has 0 unspecified atom stereocenters. The Bertz CT molecular complexity index is 539. The highest BCUT2D eigenvalue weighted by molar-refractivity contribution is 7.07. The van der Waals surface area contributed by atoms with E-state index in [1.54, 1.807) is 6.20 Å². The van der Waals surface area contributed by atoms with Gasteiger partial charge in [0.2, 0.25) is 0 Å². The van der Waals surface area contributed by atoms with Gasteiger partial charge in [0, 0.05) is 18.6 Å². The zero-order valence-corrected chi connectivity index (χ0v) is 10.0. The number of hydrogen-bond acceptors (Lipinski definition) is 4. The lowest BCUT2D eigenvalue weighted by molar-refractivity contribution is 0.272. The second-order valence-corrected chi connectivity index (χ2v) is 4.37. The van der Waals surface area contributed by atoms with Crippen LogP contribution in [0.2, 0.25) is 0 Å². The van der Waals surface area contributed by atoms with Crippen LogP contribution in [0.3, 0.4) is 0 Å². The Balaban J connectivity index is 2.43. The Labute approximate surface area is 97.6 Å². The quantitative estimate of drug-likeness (QED) is 0.858. The largest absolute Gasteiger partial charge is 0.390 e. The first kappa shape index (κ1) is 11.0. The van der Waals surface area contributed by atoms with Gasteiger partial charge in [-0.15, -0.1) is 11.3 Å². The van der Waals surface area contributed by atoms with Crippen LogP contribution in [0.5, 0.6) is 0 Å². The van der Waals surface area contributed by atoms with Gasteiger partial charge in [0.15, 0.2) is 10.6 Å². The summed E-state index contributed by atoms with van der Waals surface area (Å²) in [6, 6.07) is 3.86. The van der Waals surface area contributed by atoms with Crippen molar-refractivity contribution in [1.29, 1.82) is 0 Å². The molecular formula is C11H13N3OS. The van der Waals surface area contributed by atoms with Crippen molar-refractivity contribution in [2.24, 2.45) is 12.0 Å². The van der Waals surface area contributed by atoms with Crippen LogP contribution in [0, 0.1) is 6.92 Å². The summed E-state index contributed by atoms with van der Waals surface area (Å²) in [6.07, 6.45) is 1.79. The molecule has 0 radical (unpaired) electrons. The molecule has 2 heterocycles. The number of aliphatic hydroxyl groups excluding tert-OH is 1. The first-order chi connectivity index (χ1) is 7.70. The minimum Gasteiger partial charge on any atom is -0.390 e. The van der Waals surface area contributed by atoms with Crippen molar-refractivity contribution in [2.45, 2.75) is 13.5 Å². The third-order valence-electron chi connectivity index (χ3n) is 2.29. The van der Waals surface area contributed by atoms with Crippen LogP contribution in [-0.2, 0) is 13.7 Å². The molecule has 0 spiro atoms. The third kappa shape index (κ3) is 2.20. The van der Waals surface area contributed by atoms with Crippen molar-refractivity contribution in [3.8, 4) is 0 Å². The SMILES string of the molecule is Cc1ccc(N=c2scc(CO)n2C)nc1. The Kier molecular flexibility index (Phi) is 3.17. The fraction of sp³-hybridized carbons (Fsp3) is 0.273. The number of aliphatic hydroxyl groups is 1. The van der Waals surface area contributed by atoms with E-state index in [9.17, 15) is 0 Å². The van der Waals surface area contributed by atoms with Crippen LogP contribution in [0.4, 0.5) is 5.82 Å². The molecule has 0 aromatic carbocycles. The molecule has 2 aromatic rings. The normalized spacial score (nSPS) is 12.1. The first-order valence-corrected chi connectivity index (χ1v) is 5.80. The highest BCUT2D eigenvalue weighted by atomic mass is 32.1. The molecular weight excluding hydrogens is 222 g/mol. The van der Waals surface area contributed by atoms with E-state index in [0.717, 1.165) is 16.1 Å². The number of aryl methyl sites for hydroxylation is 1. The topological polar surface area (TPSA) is 50.4 Å². The zero-order valence-electron chi connectivity index (χ0n) is 9.21. The molecule has 2 aromatic heterocycles. The van der Waals surface area contributed by atoms with Gasteiger partial charge in [-0.3, -0.25) is 0 Å². The lowest BCUT2D eigenvalue weighted by Gasteiger charge is -1.97. The zero-order chi connectivity index (χ0) is 11.5. The van der Waals surface area contributed by atoms with Crippen LogP contribution in [0.25, 0.3) is 0 Å². The van der Waals surface area contributed by atoms with Crippen molar-refractivity contribution in [3.63, 3.8) is 0 Å². The van der Waals surface area contributed by atoms with Gasteiger partial charge < -0.3 is 9.67 Å². The Morgan fingerprint density at radius 1 is 1.50 bits per heavy atom. The summed E-state index contributed by atoms with van der Waals surface area (Å²) in [5, 5.41) is 11.0. The molecule has 0 aliphatic carbocycles. The van der Waals surface area contributed by atoms with E-state index in [1.165, 1.54) is 11.3 Å². The van der Waals surface area contributed by atoms with Crippen LogP contribution in [-0.4, -0.2) is 14.7 Å². The average molecular weight is 235 g/mol. The van der Waals surface area contributed by atoms with Gasteiger partial charge in [-0.1, -0.05) is 6.07 Å².